The second-order valence-electron chi connectivity index (χ2n) is 6.05. The number of aromatic nitrogens is 4. The van der Waals surface area contributed by atoms with Crippen molar-refractivity contribution in [2.75, 3.05) is 0 Å². The van der Waals surface area contributed by atoms with E-state index in [1.807, 2.05) is 78.9 Å². The molecule has 0 radical (unpaired) electrons. The van der Waals surface area contributed by atoms with Crippen LogP contribution in [0.2, 0.25) is 0 Å². The Labute approximate surface area is 148 Å². The molecule has 5 heteroatoms. The van der Waals surface area contributed by atoms with Crippen molar-refractivity contribution in [1.29, 1.82) is 0 Å². The number of nitrogens with one attached hydrogen (secondary N) is 1. The first kappa shape index (κ1) is 14.6. The molecule has 5 rings (SSSR count). The average molecular weight is 338 g/mol. The quantitative estimate of drug-likeness (QED) is 0.530. The fourth-order valence-corrected chi connectivity index (χ4v) is 3.18. The number of hydrogen-bond donors (Lipinski definition) is 1. The predicted octanol–water partition coefficient (Wildman–Crippen LogP) is 3.93. The lowest BCUT2D eigenvalue weighted by Crippen LogP contribution is -2.23. The fourth-order valence-electron chi connectivity index (χ4n) is 3.18. The molecule has 1 N–H and O–H groups in total. The number of benzene rings is 3. The van der Waals surface area contributed by atoms with Crippen molar-refractivity contribution < 1.29 is 0 Å². The van der Waals surface area contributed by atoms with E-state index in [9.17, 15) is 4.79 Å². The number of nitrogens with zero attached hydrogens (tertiary/aromatic N) is 3. The van der Waals surface area contributed by atoms with E-state index in [0.29, 0.717) is 11.3 Å². The smallest absolute Gasteiger partial charge is 0.282 e. The summed E-state index contributed by atoms with van der Waals surface area (Å²) in [6, 6.07) is 25.1. The van der Waals surface area contributed by atoms with Crippen LogP contribution in [0.3, 0.4) is 0 Å². The molecule has 124 valence electrons. The van der Waals surface area contributed by atoms with Crippen LogP contribution in [-0.2, 0) is 0 Å². The zero-order valence-electron chi connectivity index (χ0n) is 13.8. The Balaban J connectivity index is 1.86. The Hall–Kier alpha value is -3.73. The highest BCUT2D eigenvalue weighted by atomic mass is 16.1. The van der Waals surface area contributed by atoms with Gasteiger partial charge in [0.05, 0.1) is 22.1 Å². The van der Waals surface area contributed by atoms with E-state index < -0.39 is 0 Å². The van der Waals surface area contributed by atoms with Crippen LogP contribution in [0.15, 0.2) is 83.7 Å². The average Bonchev–Trinajstić information content (AvgIpc) is 3.13. The van der Waals surface area contributed by atoms with Crippen molar-refractivity contribution in [2.45, 2.75) is 0 Å². The molecule has 5 nitrogen and oxygen atoms in total. The van der Waals surface area contributed by atoms with Gasteiger partial charge in [-0.1, -0.05) is 60.7 Å². The molecule has 3 aromatic carbocycles. The van der Waals surface area contributed by atoms with Crippen molar-refractivity contribution in [2.24, 2.45) is 0 Å². The molecule has 0 unspecified atom stereocenters. The predicted molar refractivity (Wildman–Crippen MR) is 102 cm³/mol. The lowest BCUT2D eigenvalue weighted by atomic mass is 10.1. The van der Waals surface area contributed by atoms with E-state index >= 15 is 0 Å². The number of aromatic amines is 1. The second kappa shape index (κ2) is 5.67. The van der Waals surface area contributed by atoms with Gasteiger partial charge in [0.1, 0.15) is 0 Å². The molecule has 5 aromatic rings. The van der Waals surface area contributed by atoms with Crippen molar-refractivity contribution in [3.8, 4) is 17.2 Å². The Bertz CT molecular complexity index is 1270. The molecule has 0 spiro atoms. The summed E-state index contributed by atoms with van der Waals surface area (Å²) in [6.45, 7) is 0. The van der Waals surface area contributed by atoms with Gasteiger partial charge in [-0.15, -0.1) is 0 Å². The number of hydrogen-bond acceptors (Lipinski definition) is 3. The van der Waals surface area contributed by atoms with Crippen LogP contribution >= 0.6 is 0 Å². The van der Waals surface area contributed by atoms with Gasteiger partial charge < -0.3 is 4.98 Å². The Morgan fingerprint density at radius 3 is 2.27 bits per heavy atom. The van der Waals surface area contributed by atoms with E-state index in [-0.39, 0.29) is 5.56 Å². The normalized spacial score (nSPS) is 11.2. The van der Waals surface area contributed by atoms with Gasteiger partial charge in [0.2, 0.25) is 5.95 Å². The highest BCUT2D eigenvalue weighted by molar-refractivity contribution is 5.93. The molecular formula is C21H14N4O. The minimum atomic E-state index is -0.195. The van der Waals surface area contributed by atoms with Crippen LogP contribution < -0.4 is 5.56 Å². The van der Waals surface area contributed by atoms with E-state index in [0.717, 1.165) is 27.7 Å². The first-order valence-electron chi connectivity index (χ1n) is 8.34. The molecule has 0 aliphatic carbocycles. The minimum absolute atomic E-state index is 0.195. The molecule has 0 atom stereocenters. The molecular weight excluding hydrogens is 324 g/mol. The van der Waals surface area contributed by atoms with Crippen molar-refractivity contribution in [3.05, 3.63) is 89.2 Å². The van der Waals surface area contributed by atoms with Crippen molar-refractivity contribution >= 4 is 21.8 Å². The van der Waals surface area contributed by atoms with Crippen molar-refractivity contribution in [3.63, 3.8) is 0 Å². The number of para-hydroxylation sites is 2. The van der Waals surface area contributed by atoms with Gasteiger partial charge in [-0.2, -0.15) is 9.78 Å². The van der Waals surface area contributed by atoms with Gasteiger partial charge in [-0.05, 0) is 18.2 Å². The molecule has 2 heterocycles. The third-order valence-corrected chi connectivity index (χ3v) is 4.43. The van der Waals surface area contributed by atoms with Gasteiger partial charge >= 0.3 is 0 Å². The zero-order chi connectivity index (χ0) is 17.5. The first-order valence-corrected chi connectivity index (χ1v) is 8.34. The summed E-state index contributed by atoms with van der Waals surface area (Å²) in [5, 5.41) is 6.09. The highest BCUT2D eigenvalue weighted by Crippen LogP contribution is 2.25. The van der Waals surface area contributed by atoms with Crippen LogP contribution in [0.1, 0.15) is 0 Å². The molecule has 0 amide bonds. The van der Waals surface area contributed by atoms with Gasteiger partial charge in [-0.3, -0.25) is 4.79 Å². The maximum absolute atomic E-state index is 13.0. The molecule has 0 aliphatic heterocycles. The summed E-state index contributed by atoms with van der Waals surface area (Å²) in [7, 11) is 0. The second-order valence-corrected chi connectivity index (χ2v) is 6.05. The van der Waals surface area contributed by atoms with Crippen LogP contribution in [-0.4, -0.2) is 19.7 Å². The number of imidazole rings is 1. The maximum atomic E-state index is 13.0. The molecule has 0 aliphatic rings. The zero-order valence-corrected chi connectivity index (χ0v) is 13.8. The number of rotatable bonds is 2. The molecule has 0 saturated heterocycles. The maximum Gasteiger partial charge on any atom is 0.282 e. The number of fused-ring (bicyclic) bond motifs is 2. The lowest BCUT2D eigenvalue weighted by molar-refractivity contribution is 0.783. The standard InChI is InChI=1S/C21H14N4O/c26-20-16-11-5-4-10-15(16)19(14-8-2-1-3-9-14)24-25(20)21-22-17-12-6-7-13-18(17)23-21/h1-13H,(H,22,23). The summed E-state index contributed by atoms with van der Waals surface area (Å²) in [5.74, 6) is 0.416. The summed E-state index contributed by atoms with van der Waals surface area (Å²) < 4.78 is 1.35. The first-order chi connectivity index (χ1) is 12.8. The van der Waals surface area contributed by atoms with Gasteiger partial charge in [0.25, 0.3) is 5.56 Å². The van der Waals surface area contributed by atoms with E-state index in [2.05, 4.69) is 15.1 Å². The largest absolute Gasteiger partial charge is 0.322 e. The molecule has 26 heavy (non-hydrogen) atoms. The van der Waals surface area contributed by atoms with Gasteiger partial charge in [-0.25, -0.2) is 4.98 Å². The summed E-state index contributed by atoms with van der Waals surface area (Å²) in [6.07, 6.45) is 0. The van der Waals surface area contributed by atoms with Crippen molar-refractivity contribution in [1.82, 2.24) is 19.7 Å². The van der Waals surface area contributed by atoms with Gasteiger partial charge in [0.15, 0.2) is 0 Å². The minimum Gasteiger partial charge on any atom is -0.322 e. The van der Waals surface area contributed by atoms with E-state index in [1.54, 1.807) is 0 Å². The summed E-state index contributed by atoms with van der Waals surface area (Å²) >= 11 is 0. The topological polar surface area (TPSA) is 63.6 Å². The molecule has 0 fully saturated rings. The Kier molecular flexibility index (Phi) is 3.18. The Morgan fingerprint density at radius 1 is 0.769 bits per heavy atom. The molecule has 0 saturated carbocycles. The molecule has 0 bridgehead atoms. The number of H-pyrrole nitrogens is 1. The Morgan fingerprint density at radius 2 is 1.46 bits per heavy atom. The van der Waals surface area contributed by atoms with E-state index in [4.69, 9.17) is 0 Å². The van der Waals surface area contributed by atoms with Crippen LogP contribution in [0.25, 0.3) is 39.0 Å². The SMILES string of the molecule is O=c1c2ccccc2c(-c2ccccc2)nn1-c1nc2ccccc2[nH]1. The lowest BCUT2D eigenvalue weighted by Gasteiger charge is -2.09. The monoisotopic (exact) mass is 338 g/mol. The van der Waals surface area contributed by atoms with Gasteiger partial charge in [0, 0.05) is 10.9 Å². The van der Waals surface area contributed by atoms with Crippen LogP contribution in [0.5, 0.6) is 0 Å². The molecule has 2 aromatic heterocycles. The highest BCUT2D eigenvalue weighted by Gasteiger charge is 2.15. The third kappa shape index (κ3) is 2.22. The summed E-state index contributed by atoms with van der Waals surface area (Å²) in [5.41, 5.74) is 3.17. The third-order valence-electron chi connectivity index (χ3n) is 4.43. The van der Waals surface area contributed by atoms with Crippen LogP contribution in [0.4, 0.5) is 0 Å². The van der Waals surface area contributed by atoms with Crippen LogP contribution in [0, 0.1) is 0 Å². The summed E-state index contributed by atoms with van der Waals surface area (Å²) in [4.78, 5) is 20.7. The fraction of sp³-hybridized carbons (Fsp3) is 0. The van der Waals surface area contributed by atoms with E-state index in [1.165, 1.54) is 4.68 Å².